The van der Waals surface area contributed by atoms with Gasteiger partial charge in [-0.25, -0.2) is 9.59 Å². The predicted molar refractivity (Wildman–Crippen MR) is 94.1 cm³/mol. The van der Waals surface area contributed by atoms with Crippen LogP contribution in [0.4, 0.5) is 0 Å². The highest BCUT2D eigenvalue weighted by Crippen LogP contribution is 2.31. The van der Waals surface area contributed by atoms with Gasteiger partial charge < -0.3 is 9.47 Å². The van der Waals surface area contributed by atoms with Crippen molar-refractivity contribution in [3.8, 4) is 0 Å². The Morgan fingerprint density at radius 3 is 2.80 bits per heavy atom. The average molecular weight is 362 g/mol. The minimum Gasteiger partial charge on any atom is -0.459 e. The van der Waals surface area contributed by atoms with Crippen LogP contribution in [0.5, 0.6) is 0 Å². The Bertz CT molecular complexity index is 877. The van der Waals surface area contributed by atoms with E-state index in [1.54, 1.807) is 31.2 Å². The third-order valence-corrected chi connectivity index (χ3v) is 4.59. The Hall–Kier alpha value is -2.32. The summed E-state index contributed by atoms with van der Waals surface area (Å²) in [5.74, 6) is -0.440. The van der Waals surface area contributed by atoms with Crippen LogP contribution in [0.15, 0.2) is 46.1 Å². The number of nitrogens with zero attached hydrogens (tertiary/aromatic N) is 1. The normalized spacial score (nSPS) is 22.7. The van der Waals surface area contributed by atoms with Crippen molar-refractivity contribution < 1.29 is 14.3 Å². The van der Waals surface area contributed by atoms with Gasteiger partial charge in [0.15, 0.2) is 0 Å². The van der Waals surface area contributed by atoms with E-state index in [0.717, 1.165) is 0 Å². The zero-order valence-electron chi connectivity index (χ0n) is 13.5. The monoisotopic (exact) mass is 362 g/mol. The molecular weight excluding hydrogens is 344 g/mol. The number of rotatable bonds is 4. The number of nitrogens with one attached hydrogen (secondary N) is 1. The maximum Gasteiger partial charge on any atom is 0.338 e. The summed E-state index contributed by atoms with van der Waals surface area (Å²) in [6.07, 6.45) is 0.915. The molecule has 2 heterocycles. The van der Waals surface area contributed by atoms with E-state index < -0.39 is 29.6 Å². The lowest BCUT2D eigenvalue weighted by Gasteiger charge is -2.16. The van der Waals surface area contributed by atoms with Gasteiger partial charge in [-0.1, -0.05) is 18.2 Å². The second-order valence-corrected chi connectivity index (χ2v) is 6.54. The van der Waals surface area contributed by atoms with Gasteiger partial charge in [-0.05, 0) is 19.1 Å². The number of carbonyl (C=O) groups excluding carboxylic acids is 1. The zero-order valence-corrected chi connectivity index (χ0v) is 14.4. The molecule has 1 saturated heterocycles. The van der Waals surface area contributed by atoms with Crippen LogP contribution in [0.1, 0.15) is 28.6 Å². The van der Waals surface area contributed by atoms with Crippen LogP contribution in [0.25, 0.3) is 0 Å². The number of H-pyrrole nitrogens is 1. The van der Waals surface area contributed by atoms with Gasteiger partial charge >= 0.3 is 11.7 Å². The summed E-state index contributed by atoms with van der Waals surface area (Å²) < 4.78 is 12.4. The predicted octanol–water partition coefficient (Wildman–Crippen LogP) is 1.29. The molecule has 1 N–H and O–H groups in total. The smallest absolute Gasteiger partial charge is 0.338 e. The van der Waals surface area contributed by atoms with E-state index in [2.05, 4.69) is 17.6 Å². The average Bonchev–Trinajstić information content (AvgIpc) is 2.97. The van der Waals surface area contributed by atoms with E-state index in [1.165, 1.54) is 10.8 Å². The largest absolute Gasteiger partial charge is 0.459 e. The fourth-order valence-electron chi connectivity index (χ4n) is 2.65. The number of esters is 1. The number of aromatic amines is 1. The van der Waals surface area contributed by atoms with E-state index in [-0.39, 0.29) is 11.9 Å². The molecule has 0 bridgehead atoms. The van der Waals surface area contributed by atoms with Gasteiger partial charge in [0.2, 0.25) is 0 Å². The van der Waals surface area contributed by atoms with Crippen molar-refractivity contribution in [3.63, 3.8) is 0 Å². The van der Waals surface area contributed by atoms with E-state index >= 15 is 0 Å². The van der Waals surface area contributed by atoms with Gasteiger partial charge in [-0.15, -0.1) is 0 Å². The van der Waals surface area contributed by atoms with Crippen LogP contribution in [-0.4, -0.2) is 33.5 Å². The van der Waals surface area contributed by atoms with E-state index in [4.69, 9.17) is 9.47 Å². The third-order valence-electron chi connectivity index (χ3n) is 4.05. The summed E-state index contributed by atoms with van der Waals surface area (Å²) in [6.45, 7) is 1.65. The van der Waals surface area contributed by atoms with Crippen LogP contribution >= 0.6 is 12.6 Å². The van der Waals surface area contributed by atoms with Gasteiger partial charge in [0.1, 0.15) is 18.9 Å². The van der Waals surface area contributed by atoms with Crippen LogP contribution in [0, 0.1) is 6.92 Å². The quantitative estimate of drug-likeness (QED) is 0.632. The molecule has 3 atom stereocenters. The first-order valence-electron chi connectivity index (χ1n) is 7.83. The van der Waals surface area contributed by atoms with Gasteiger partial charge in [0, 0.05) is 23.4 Å². The lowest BCUT2D eigenvalue weighted by Crippen LogP contribution is -2.33. The fourth-order valence-corrected chi connectivity index (χ4v) is 2.99. The molecule has 0 spiro atoms. The van der Waals surface area contributed by atoms with Crippen LogP contribution < -0.4 is 11.2 Å². The molecule has 0 saturated carbocycles. The topological polar surface area (TPSA) is 90.4 Å². The molecule has 0 aliphatic carbocycles. The van der Waals surface area contributed by atoms with Crippen molar-refractivity contribution in [2.24, 2.45) is 0 Å². The lowest BCUT2D eigenvalue weighted by atomic mass is 10.2. The van der Waals surface area contributed by atoms with Crippen LogP contribution in [0.3, 0.4) is 0 Å². The van der Waals surface area contributed by atoms with Crippen molar-refractivity contribution in [3.05, 3.63) is 68.5 Å². The number of carbonyl (C=O) groups is 1. The first-order valence-corrected chi connectivity index (χ1v) is 8.35. The van der Waals surface area contributed by atoms with Gasteiger partial charge in [-0.3, -0.25) is 14.3 Å². The van der Waals surface area contributed by atoms with E-state index in [1.807, 2.05) is 6.07 Å². The summed E-state index contributed by atoms with van der Waals surface area (Å²) in [4.78, 5) is 37.7. The molecule has 1 aliphatic rings. The number of aryl methyl sites for hydroxylation is 1. The molecule has 7 nitrogen and oxygen atoms in total. The van der Waals surface area contributed by atoms with Gasteiger partial charge in [0.05, 0.1) is 5.56 Å². The first-order chi connectivity index (χ1) is 12.0. The van der Waals surface area contributed by atoms with E-state index in [0.29, 0.717) is 17.5 Å². The standard InChI is InChI=1S/C17H18N2O5S/c1-10-8-19(17(22)18-15(10)20)14-7-13(25)12(24-14)9-23-16(21)11-5-3-2-4-6-11/h2-6,8,12-14,25H,7,9H2,1H3,(H,18,20,22)/t12-,13+,14-/m1/s1. The fraction of sp³-hybridized carbons (Fsp3) is 0.353. The Morgan fingerprint density at radius 2 is 2.08 bits per heavy atom. The van der Waals surface area contributed by atoms with Crippen molar-refractivity contribution in [1.29, 1.82) is 0 Å². The molecule has 1 aliphatic heterocycles. The van der Waals surface area contributed by atoms with Crippen molar-refractivity contribution in [1.82, 2.24) is 9.55 Å². The number of aromatic nitrogens is 2. The van der Waals surface area contributed by atoms with E-state index in [9.17, 15) is 14.4 Å². The number of hydrogen-bond acceptors (Lipinski definition) is 6. The Morgan fingerprint density at radius 1 is 1.36 bits per heavy atom. The molecule has 1 aromatic heterocycles. The SMILES string of the molecule is Cc1cn([C@H]2C[C@H](S)[C@@H](COC(=O)c3ccccc3)O2)c(=O)[nH]c1=O. The second-order valence-electron chi connectivity index (χ2n) is 5.88. The van der Waals surface area contributed by atoms with Crippen molar-refractivity contribution in [2.45, 2.75) is 30.9 Å². The highest BCUT2D eigenvalue weighted by Gasteiger charge is 2.35. The number of benzene rings is 1. The Balaban J connectivity index is 1.66. The summed E-state index contributed by atoms with van der Waals surface area (Å²) in [7, 11) is 0. The molecular formula is C17H18N2O5S. The van der Waals surface area contributed by atoms with Crippen molar-refractivity contribution in [2.75, 3.05) is 6.61 Å². The summed E-state index contributed by atoms with van der Waals surface area (Å²) in [6, 6.07) is 8.66. The third kappa shape index (κ3) is 3.85. The van der Waals surface area contributed by atoms with Gasteiger partial charge in [-0.2, -0.15) is 12.6 Å². The second kappa shape index (κ2) is 7.28. The molecule has 0 amide bonds. The zero-order chi connectivity index (χ0) is 18.0. The maximum absolute atomic E-state index is 12.0. The summed E-state index contributed by atoms with van der Waals surface area (Å²) in [5, 5.41) is -0.201. The number of thiol groups is 1. The van der Waals surface area contributed by atoms with Crippen molar-refractivity contribution >= 4 is 18.6 Å². The molecule has 1 fully saturated rings. The highest BCUT2D eigenvalue weighted by atomic mass is 32.1. The lowest BCUT2D eigenvalue weighted by molar-refractivity contribution is -0.0332. The highest BCUT2D eigenvalue weighted by molar-refractivity contribution is 7.81. The minimum atomic E-state index is -0.564. The number of hydrogen-bond donors (Lipinski definition) is 2. The maximum atomic E-state index is 12.0. The Labute approximate surface area is 149 Å². The minimum absolute atomic E-state index is 0.0372. The molecule has 0 radical (unpaired) electrons. The molecule has 132 valence electrons. The Kier molecular flexibility index (Phi) is 5.10. The first kappa shape index (κ1) is 17.5. The molecule has 0 unspecified atom stereocenters. The summed E-state index contributed by atoms with van der Waals surface area (Å²) in [5.41, 5.74) is -0.0869. The van der Waals surface area contributed by atoms with Crippen LogP contribution in [-0.2, 0) is 9.47 Å². The summed E-state index contributed by atoms with van der Waals surface area (Å²) >= 11 is 4.46. The van der Waals surface area contributed by atoms with Crippen LogP contribution in [0.2, 0.25) is 0 Å². The van der Waals surface area contributed by atoms with Gasteiger partial charge in [0.25, 0.3) is 5.56 Å². The molecule has 8 heteroatoms. The molecule has 3 rings (SSSR count). The molecule has 1 aromatic carbocycles. The number of ether oxygens (including phenoxy) is 2. The molecule has 25 heavy (non-hydrogen) atoms. The molecule has 2 aromatic rings.